The standard InChI is InChI=1S/C19H17N4.HI/c1-22-12-10-18-17(14-22)21-19(16-9-5-6-11-20-16)23(18)13-15-7-3-2-4-8-15;/h2-12,14H,13H2,1H3;1H/q+1;/p-1. The second kappa shape index (κ2) is 7.09. The molecule has 3 heterocycles. The molecule has 0 aliphatic carbocycles. The molecular weight excluding hydrogens is 411 g/mol. The van der Waals surface area contributed by atoms with E-state index in [4.69, 9.17) is 4.98 Å². The molecule has 0 fully saturated rings. The maximum Gasteiger partial charge on any atom is 0.196 e. The zero-order chi connectivity index (χ0) is 15.6. The topological polar surface area (TPSA) is 34.6 Å². The molecule has 0 N–H and O–H groups in total. The summed E-state index contributed by atoms with van der Waals surface area (Å²) < 4.78 is 4.25. The molecule has 120 valence electrons. The Morgan fingerprint density at radius 1 is 1.00 bits per heavy atom. The van der Waals surface area contributed by atoms with Crippen molar-refractivity contribution < 1.29 is 28.5 Å². The lowest BCUT2D eigenvalue weighted by Crippen LogP contribution is -3.00. The third kappa shape index (κ3) is 3.17. The van der Waals surface area contributed by atoms with Crippen LogP contribution in [0.3, 0.4) is 0 Å². The van der Waals surface area contributed by atoms with Crippen molar-refractivity contribution in [3.8, 4) is 11.5 Å². The summed E-state index contributed by atoms with van der Waals surface area (Å²) in [7, 11) is 2.01. The highest BCUT2D eigenvalue weighted by Gasteiger charge is 2.15. The largest absolute Gasteiger partial charge is 1.00 e. The summed E-state index contributed by atoms with van der Waals surface area (Å²) >= 11 is 0. The van der Waals surface area contributed by atoms with E-state index in [-0.39, 0.29) is 24.0 Å². The van der Waals surface area contributed by atoms with Crippen LogP contribution in [0.4, 0.5) is 0 Å². The number of benzene rings is 1. The lowest BCUT2D eigenvalue weighted by atomic mass is 10.2. The Labute approximate surface area is 157 Å². The Morgan fingerprint density at radius 3 is 2.54 bits per heavy atom. The Kier molecular flexibility index (Phi) is 4.89. The Morgan fingerprint density at radius 2 is 1.79 bits per heavy atom. The summed E-state index contributed by atoms with van der Waals surface area (Å²) in [5.74, 6) is 0.899. The second-order valence-corrected chi connectivity index (χ2v) is 5.60. The number of hydrogen-bond acceptors (Lipinski definition) is 2. The predicted molar refractivity (Wildman–Crippen MR) is 89.7 cm³/mol. The number of hydrogen-bond donors (Lipinski definition) is 0. The fourth-order valence-electron chi connectivity index (χ4n) is 2.80. The van der Waals surface area contributed by atoms with Gasteiger partial charge in [0.2, 0.25) is 0 Å². The van der Waals surface area contributed by atoms with Gasteiger partial charge in [0.1, 0.15) is 12.7 Å². The lowest BCUT2D eigenvalue weighted by Gasteiger charge is -2.08. The Hall–Kier alpha value is -2.28. The van der Waals surface area contributed by atoms with Crippen molar-refractivity contribution in [3.63, 3.8) is 0 Å². The Bertz CT molecular complexity index is 949. The molecule has 0 aliphatic rings. The average molecular weight is 428 g/mol. The number of pyridine rings is 2. The van der Waals surface area contributed by atoms with Crippen molar-refractivity contribution in [2.75, 3.05) is 0 Å². The van der Waals surface area contributed by atoms with Crippen molar-refractivity contribution >= 4 is 11.0 Å². The van der Waals surface area contributed by atoms with Crippen LogP contribution in [0.1, 0.15) is 5.56 Å². The number of aryl methyl sites for hydroxylation is 1. The molecule has 0 saturated carbocycles. The van der Waals surface area contributed by atoms with Crippen LogP contribution in [0.2, 0.25) is 0 Å². The summed E-state index contributed by atoms with van der Waals surface area (Å²) in [4.78, 5) is 9.30. The first-order chi connectivity index (χ1) is 11.3. The fraction of sp³-hybridized carbons (Fsp3) is 0.105. The van der Waals surface area contributed by atoms with E-state index in [9.17, 15) is 0 Å². The zero-order valence-electron chi connectivity index (χ0n) is 13.3. The van der Waals surface area contributed by atoms with Gasteiger partial charge >= 0.3 is 0 Å². The normalized spacial score (nSPS) is 10.5. The molecule has 0 spiro atoms. The minimum Gasteiger partial charge on any atom is -1.00 e. The monoisotopic (exact) mass is 428 g/mol. The van der Waals surface area contributed by atoms with E-state index in [0.717, 1.165) is 29.1 Å². The predicted octanol–water partition coefficient (Wildman–Crippen LogP) is -0.0249. The van der Waals surface area contributed by atoms with Crippen LogP contribution in [0.5, 0.6) is 0 Å². The highest BCUT2D eigenvalue weighted by Crippen LogP contribution is 2.23. The molecule has 24 heavy (non-hydrogen) atoms. The minimum absolute atomic E-state index is 0. The van der Waals surface area contributed by atoms with Crippen molar-refractivity contribution in [1.82, 2.24) is 14.5 Å². The van der Waals surface area contributed by atoms with Gasteiger partial charge in [-0.05, 0) is 17.7 Å². The zero-order valence-corrected chi connectivity index (χ0v) is 15.5. The first-order valence-electron chi connectivity index (χ1n) is 7.62. The van der Waals surface area contributed by atoms with Crippen molar-refractivity contribution in [1.29, 1.82) is 0 Å². The number of nitrogens with zero attached hydrogens (tertiary/aromatic N) is 4. The summed E-state index contributed by atoms with van der Waals surface area (Å²) in [5, 5.41) is 0. The van der Waals surface area contributed by atoms with Crippen LogP contribution in [-0.2, 0) is 13.6 Å². The van der Waals surface area contributed by atoms with Crippen LogP contribution in [0.15, 0.2) is 73.2 Å². The first-order valence-corrected chi connectivity index (χ1v) is 7.62. The molecule has 0 saturated heterocycles. The quantitative estimate of drug-likeness (QED) is 0.340. The molecule has 0 amide bonds. The van der Waals surface area contributed by atoms with Gasteiger partial charge < -0.3 is 28.5 Å². The van der Waals surface area contributed by atoms with Gasteiger partial charge in [-0.1, -0.05) is 36.4 Å². The fourth-order valence-corrected chi connectivity index (χ4v) is 2.80. The van der Waals surface area contributed by atoms with Crippen molar-refractivity contribution in [3.05, 3.63) is 78.8 Å². The van der Waals surface area contributed by atoms with Gasteiger partial charge in [-0.15, -0.1) is 0 Å². The molecular formula is C19H17IN4. The molecule has 4 aromatic rings. The summed E-state index contributed by atoms with van der Waals surface area (Å²) in [5.41, 5.74) is 4.23. The molecule has 4 rings (SSSR count). The van der Waals surface area contributed by atoms with Gasteiger partial charge in [0, 0.05) is 18.8 Å². The molecule has 5 heteroatoms. The third-order valence-corrected chi connectivity index (χ3v) is 3.91. The SMILES string of the molecule is C[n+]1ccc2c(c1)nc(-c1ccccn1)n2Cc1ccccc1.[I-]. The van der Waals surface area contributed by atoms with E-state index < -0.39 is 0 Å². The molecule has 0 radical (unpaired) electrons. The van der Waals surface area contributed by atoms with E-state index in [0.29, 0.717) is 0 Å². The van der Waals surface area contributed by atoms with Crippen LogP contribution in [0, 0.1) is 0 Å². The molecule has 0 bridgehead atoms. The van der Waals surface area contributed by atoms with Gasteiger partial charge in [-0.3, -0.25) is 4.98 Å². The summed E-state index contributed by atoms with van der Waals surface area (Å²) in [6.07, 6.45) is 5.90. The highest BCUT2D eigenvalue weighted by molar-refractivity contribution is 5.78. The van der Waals surface area contributed by atoms with Crippen molar-refractivity contribution in [2.45, 2.75) is 6.54 Å². The van der Waals surface area contributed by atoms with E-state index >= 15 is 0 Å². The number of rotatable bonds is 3. The second-order valence-electron chi connectivity index (χ2n) is 5.60. The average Bonchev–Trinajstić information content (AvgIpc) is 2.94. The number of imidazole rings is 1. The maximum absolute atomic E-state index is 4.82. The lowest BCUT2D eigenvalue weighted by molar-refractivity contribution is -0.670. The smallest absolute Gasteiger partial charge is 0.196 e. The van der Waals surface area contributed by atoms with Gasteiger partial charge in [0.25, 0.3) is 0 Å². The van der Waals surface area contributed by atoms with Gasteiger partial charge in [-0.25, -0.2) is 9.55 Å². The molecule has 1 aromatic carbocycles. The highest BCUT2D eigenvalue weighted by atomic mass is 127. The summed E-state index contributed by atoms with van der Waals surface area (Å²) in [6.45, 7) is 0.775. The third-order valence-electron chi connectivity index (χ3n) is 3.91. The van der Waals surface area contributed by atoms with E-state index in [1.165, 1.54) is 5.56 Å². The van der Waals surface area contributed by atoms with Crippen LogP contribution >= 0.6 is 0 Å². The van der Waals surface area contributed by atoms with E-state index in [2.05, 4.69) is 39.9 Å². The van der Waals surface area contributed by atoms with Crippen LogP contribution < -0.4 is 28.5 Å². The van der Waals surface area contributed by atoms with Gasteiger partial charge in [-0.2, -0.15) is 0 Å². The van der Waals surface area contributed by atoms with E-state index in [1.54, 1.807) is 0 Å². The number of aromatic nitrogens is 4. The van der Waals surface area contributed by atoms with Crippen LogP contribution in [0.25, 0.3) is 22.6 Å². The maximum atomic E-state index is 4.82. The van der Waals surface area contributed by atoms with Crippen LogP contribution in [-0.4, -0.2) is 14.5 Å². The molecule has 4 nitrogen and oxygen atoms in total. The molecule has 0 aliphatic heterocycles. The van der Waals surface area contributed by atoms with Crippen molar-refractivity contribution in [2.24, 2.45) is 7.05 Å². The molecule has 0 atom stereocenters. The number of halogens is 1. The van der Waals surface area contributed by atoms with Gasteiger partial charge in [0.15, 0.2) is 23.7 Å². The Balaban J connectivity index is 0.00000169. The first kappa shape index (κ1) is 16.6. The molecule has 0 unspecified atom stereocenters. The minimum atomic E-state index is 0. The number of fused-ring (bicyclic) bond motifs is 1. The summed E-state index contributed by atoms with van der Waals surface area (Å²) in [6, 6.07) is 18.5. The van der Waals surface area contributed by atoms with Gasteiger partial charge in [0.05, 0.1) is 5.52 Å². The van der Waals surface area contributed by atoms with E-state index in [1.807, 2.05) is 54.5 Å². The molecule has 3 aromatic heterocycles.